The van der Waals surface area contributed by atoms with Crippen molar-refractivity contribution in [2.75, 3.05) is 26.0 Å². The first-order valence-electron chi connectivity index (χ1n) is 10.0. The molecule has 1 saturated heterocycles. The van der Waals surface area contributed by atoms with Crippen molar-refractivity contribution < 1.29 is 42.9 Å². The van der Waals surface area contributed by atoms with Crippen molar-refractivity contribution >= 4 is 25.4 Å². The number of urea groups is 1. The Morgan fingerprint density at radius 3 is 2.50 bits per heavy atom. The van der Waals surface area contributed by atoms with E-state index in [2.05, 4.69) is 22.5 Å². The molecule has 180 valence electrons. The van der Waals surface area contributed by atoms with E-state index in [0.717, 1.165) is 4.90 Å². The molecular weight excluding hydrogens is 447 g/mol. The fourth-order valence-electron chi connectivity index (χ4n) is 2.98. The largest absolute Gasteiger partial charge is 0.387 e. The third kappa shape index (κ3) is 6.61. The molecule has 0 unspecified atom stereocenters. The van der Waals surface area contributed by atoms with Gasteiger partial charge in [-0.2, -0.15) is 0 Å². The van der Waals surface area contributed by atoms with Crippen LogP contribution in [0.5, 0.6) is 0 Å². The summed E-state index contributed by atoms with van der Waals surface area (Å²) in [5, 5.41) is 27.6. The summed E-state index contributed by atoms with van der Waals surface area (Å²) in [5.41, 5.74) is 0.339. The number of nitrogens with zero attached hydrogens (tertiary/aromatic N) is 1. The topological polar surface area (TPSA) is 176 Å². The second-order valence-electron chi connectivity index (χ2n) is 6.85. The standard InChI is InChI=1S/C18H29N4O9P/c1-4-29-32(28,30-5-2)10-20-12(23)6-8-19-16(26)15-13(24)14(25)17(31-15)22-9-7-11(3)21-18(22)27/h7,9,13-15,17,24-25H,3-6,8,10H2,1-2H3,(H,19,26)(H,20,23)(H,21,27)/t13-,14+,15-,17+/m0/s1. The van der Waals surface area contributed by atoms with Crippen LogP contribution < -0.4 is 16.0 Å². The van der Waals surface area contributed by atoms with E-state index in [1.807, 2.05) is 0 Å². The van der Waals surface area contributed by atoms with E-state index in [4.69, 9.17) is 13.8 Å². The highest BCUT2D eigenvalue weighted by molar-refractivity contribution is 7.53. The third-order valence-electron chi connectivity index (χ3n) is 4.48. The molecule has 2 aliphatic heterocycles. The van der Waals surface area contributed by atoms with Crippen molar-refractivity contribution in [3.63, 3.8) is 0 Å². The minimum absolute atomic E-state index is 0.116. The molecule has 4 atom stereocenters. The van der Waals surface area contributed by atoms with Crippen molar-refractivity contribution in [3.05, 3.63) is 24.6 Å². The highest BCUT2D eigenvalue weighted by Crippen LogP contribution is 2.46. The van der Waals surface area contributed by atoms with Crippen LogP contribution in [-0.4, -0.2) is 83.5 Å². The zero-order valence-corrected chi connectivity index (χ0v) is 18.7. The predicted molar refractivity (Wildman–Crippen MR) is 111 cm³/mol. The predicted octanol–water partition coefficient (Wildman–Crippen LogP) is -0.668. The lowest BCUT2D eigenvalue weighted by Crippen LogP contribution is -2.49. The average molecular weight is 476 g/mol. The number of hydrogen-bond donors (Lipinski definition) is 5. The van der Waals surface area contributed by atoms with Crippen molar-refractivity contribution in [1.82, 2.24) is 20.9 Å². The Labute approximate surface area is 185 Å². The molecular formula is C18H29N4O9P. The molecule has 2 rings (SSSR count). The first-order chi connectivity index (χ1) is 15.1. The second kappa shape index (κ2) is 11.5. The average Bonchev–Trinajstić information content (AvgIpc) is 3.02. The van der Waals surface area contributed by atoms with Crippen LogP contribution in [0.3, 0.4) is 0 Å². The number of rotatable bonds is 11. The Balaban J connectivity index is 1.82. The van der Waals surface area contributed by atoms with E-state index in [9.17, 15) is 29.2 Å². The zero-order chi connectivity index (χ0) is 23.9. The molecule has 0 aliphatic carbocycles. The molecule has 1 fully saturated rings. The van der Waals surface area contributed by atoms with Gasteiger partial charge < -0.3 is 39.9 Å². The number of carbonyl (C=O) groups excluding carboxylic acids is 3. The van der Waals surface area contributed by atoms with Gasteiger partial charge in [-0.1, -0.05) is 6.58 Å². The summed E-state index contributed by atoms with van der Waals surface area (Å²) in [6.07, 6.45) is -3.57. The molecule has 0 bridgehead atoms. The molecule has 5 N–H and O–H groups in total. The molecule has 0 spiro atoms. The molecule has 0 radical (unpaired) electrons. The van der Waals surface area contributed by atoms with Crippen molar-refractivity contribution in [3.8, 4) is 0 Å². The molecule has 2 aliphatic rings. The Kier molecular flexibility index (Phi) is 9.37. The van der Waals surface area contributed by atoms with E-state index in [1.165, 1.54) is 12.3 Å². The molecule has 32 heavy (non-hydrogen) atoms. The van der Waals surface area contributed by atoms with Gasteiger partial charge in [0.15, 0.2) is 12.3 Å². The Morgan fingerprint density at radius 2 is 1.91 bits per heavy atom. The van der Waals surface area contributed by atoms with Crippen LogP contribution in [0.25, 0.3) is 0 Å². The van der Waals surface area contributed by atoms with Gasteiger partial charge in [0.05, 0.1) is 13.2 Å². The highest BCUT2D eigenvalue weighted by Gasteiger charge is 2.49. The zero-order valence-electron chi connectivity index (χ0n) is 17.9. The summed E-state index contributed by atoms with van der Waals surface area (Å²) in [6.45, 7) is 7.06. The van der Waals surface area contributed by atoms with Gasteiger partial charge in [0.25, 0.3) is 5.91 Å². The van der Waals surface area contributed by atoms with Gasteiger partial charge >= 0.3 is 13.6 Å². The number of ether oxygens (including phenoxy) is 1. The molecule has 0 aromatic rings. The molecule has 14 heteroatoms. The number of aliphatic hydroxyl groups is 2. The van der Waals surface area contributed by atoms with Crippen molar-refractivity contribution in [1.29, 1.82) is 0 Å². The lowest BCUT2D eigenvalue weighted by atomic mass is 10.1. The summed E-state index contributed by atoms with van der Waals surface area (Å²) in [6, 6.07) is -0.636. The second-order valence-corrected chi connectivity index (χ2v) is 8.91. The number of aliphatic hydroxyl groups excluding tert-OH is 2. The number of nitrogens with one attached hydrogen (secondary N) is 3. The van der Waals surface area contributed by atoms with Crippen LogP contribution in [0.15, 0.2) is 24.6 Å². The fourth-order valence-corrected chi connectivity index (χ4v) is 4.40. The van der Waals surface area contributed by atoms with E-state index in [-0.39, 0.29) is 32.5 Å². The third-order valence-corrected chi connectivity index (χ3v) is 6.33. The first-order valence-corrected chi connectivity index (χ1v) is 11.7. The maximum Gasteiger partial charge on any atom is 0.349 e. The van der Waals surface area contributed by atoms with Crippen LogP contribution in [-0.2, 0) is 27.9 Å². The number of amides is 4. The van der Waals surface area contributed by atoms with Gasteiger partial charge in [-0.15, -0.1) is 0 Å². The SMILES string of the molecule is C=C1C=CN([C@@H]2O[C@H](C(=O)NCCC(=O)NCP(=O)(OCC)OCC)[C@@H](O)[C@H]2O)C(=O)N1. The van der Waals surface area contributed by atoms with Crippen molar-refractivity contribution in [2.45, 2.75) is 44.8 Å². The van der Waals surface area contributed by atoms with Gasteiger partial charge in [0, 0.05) is 24.9 Å². The van der Waals surface area contributed by atoms with E-state index in [1.54, 1.807) is 13.8 Å². The first kappa shape index (κ1) is 26.0. The van der Waals surface area contributed by atoms with E-state index < -0.39 is 50.0 Å². The lowest BCUT2D eigenvalue weighted by Gasteiger charge is -2.29. The maximum absolute atomic E-state index is 12.4. The van der Waals surface area contributed by atoms with Crippen LogP contribution in [0.1, 0.15) is 20.3 Å². The molecule has 0 aromatic heterocycles. The Hall–Kier alpha value is -2.28. The lowest BCUT2D eigenvalue weighted by molar-refractivity contribution is -0.138. The quantitative estimate of drug-likeness (QED) is 0.242. The number of allylic oxidation sites excluding steroid dienone is 1. The number of hydrogen-bond acceptors (Lipinski definition) is 9. The summed E-state index contributed by atoms with van der Waals surface area (Å²) < 4.78 is 27.8. The van der Waals surface area contributed by atoms with E-state index >= 15 is 0 Å². The van der Waals surface area contributed by atoms with Crippen LogP contribution in [0, 0.1) is 0 Å². The molecule has 0 saturated carbocycles. The monoisotopic (exact) mass is 476 g/mol. The summed E-state index contributed by atoms with van der Waals surface area (Å²) in [4.78, 5) is 37.3. The fraction of sp³-hybridized carbons (Fsp3) is 0.611. The Bertz CT molecular complexity index is 795. The summed E-state index contributed by atoms with van der Waals surface area (Å²) >= 11 is 0. The smallest absolute Gasteiger partial charge is 0.349 e. The minimum Gasteiger partial charge on any atom is -0.387 e. The van der Waals surface area contributed by atoms with Gasteiger partial charge in [0.1, 0.15) is 18.5 Å². The van der Waals surface area contributed by atoms with Crippen molar-refractivity contribution in [2.24, 2.45) is 0 Å². The Morgan fingerprint density at radius 1 is 1.25 bits per heavy atom. The van der Waals surface area contributed by atoms with Gasteiger partial charge in [-0.3, -0.25) is 19.1 Å². The highest BCUT2D eigenvalue weighted by atomic mass is 31.2. The summed E-state index contributed by atoms with van der Waals surface area (Å²) in [5.74, 6) is -1.28. The van der Waals surface area contributed by atoms with Crippen LogP contribution in [0.2, 0.25) is 0 Å². The molecule has 2 heterocycles. The minimum atomic E-state index is -3.43. The summed E-state index contributed by atoms with van der Waals surface area (Å²) in [7, 11) is -3.43. The van der Waals surface area contributed by atoms with Gasteiger partial charge in [-0.05, 0) is 19.9 Å². The van der Waals surface area contributed by atoms with Crippen LogP contribution in [0.4, 0.5) is 4.79 Å². The molecule has 4 amide bonds. The van der Waals surface area contributed by atoms with E-state index in [0.29, 0.717) is 5.70 Å². The molecule has 13 nitrogen and oxygen atoms in total. The van der Waals surface area contributed by atoms with Crippen LogP contribution >= 0.6 is 7.60 Å². The maximum atomic E-state index is 12.4. The van der Waals surface area contributed by atoms with Gasteiger partial charge in [-0.25, -0.2) is 4.79 Å². The number of carbonyl (C=O) groups is 3. The molecule has 0 aromatic carbocycles. The normalized spacial score (nSPS) is 25.6. The van der Waals surface area contributed by atoms with Gasteiger partial charge in [0.2, 0.25) is 5.91 Å².